The molecular weight excluding hydrogens is 338 g/mol. The minimum atomic E-state index is -0.155. The molecule has 0 aromatic carbocycles. The van der Waals surface area contributed by atoms with Gasteiger partial charge in [0, 0.05) is 30.9 Å². The van der Waals surface area contributed by atoms with E-state index in [1.54, 1.807) is 17.5 Å². The Kier molecular flexibility index (Phi) is 4.43. The van der Waals surface area contributed by atoms with Crippen LogP contribution in [0.5, 0.6) is 6.01 Å². The van der Waals surface area contributed by atoms with E-state index < -0.39 is 0 Å². The molecule has 1 amide bonds. The number of likely N-dealkylation sites (tertiary alicyclic amines) is 1. The smallest absolute Gasteiger partial charge is 0.316 e. The minimum Gasteiger partial charge on any atom is -0.463 e. The summed E-state index contributed by atoms with van der Waals surface area (Å²) in [7, 11) is 0. The summed E-state index contributed by atoms with van der Waals surface area (Å²) in [4.78, 5) is 23.1. The molecular formula is C18H21N3O3S. The molecule has 0 unspecified atom stereocenters. The molecule has 25 heavy (non-hydrogen) atoms. The number of ether oxygens (including phenoxy) is 2. The Bertz CT molecular complexity index is 752. The van der Waals surface area contributed by atoms with Crippen LogP contribution in [0.15, 0.2) is 29.1 Å². The average molecular weight is 359 g/mol. The van der Waals surface area contributed by atoms with Gasteiger partial charge in [0.25, 0.3) is 0 Å². The number of aryl methyl sites for hydroxylation is 1. The van der Waals surface area contributed by atoms with Gasteiger partial charge >= 0.3 is 6.01 Å². The molecule has 0 aliphatic carbocycles. The van der Waals surface area contributed by atoms with Crippen LogP contribution in [-0.4, -0.2) is 53.7 Å². The van der Waals surface area contributed by atoms with Gasteiger partial charge in [-0.15, -0.1) is 0 Å². The molecule has 2 aliphatic rings. The molecule has 0 saturated carbocycles. The van der Waals surface area contributed by atoms with Gasteiger partial charge in [0.05, 0.1) is 25.0 Å². The quantitative estimate of drug-likeness (QED) is 0.816. The molecule has 2 atom stereocenters. The fourth-order valence-electron chi connectivity index (χ4n) is 3.61. The highest BCUT2D eigenvalue weighted by Crippen LogP contribution is 2.41. The van der Waals surface area contributed by atoms with Gasteiger partial charge in [-0.3, -0.25) is 4.79 Å². The molecule has 2 aliphatic heterocycles. The Morgan fingerprint density at radius 3 is 3.24 bits per heavy atom. The van der Waals surface area contributed by atoms with Crippen molar-refractivity contribution in [3.8, 4) is 6.01 Å². The third-order valence-electron chi connectivity index (χ3n) is 5.07. The Morgan fingerprint density at radius 2 is 2.44 bits per heavy atom. The monoisotopic (exact) mass is 359 g/mol. The van der Waals surface area contributed by atoms with E-state index in [-0.39, 0.29) is 11.3 Å². The zero-order valence-corrected chi connectivity index (χ0v) is 15.0. The number of fused-ring (bicyclic) bond motifs is 1. The van der Waals surface area contributed by atoms with Crippen LogP contribution in [0.2, 0.25) is 0 Å². The first-order valence-corrected chi connectivity index (χ1v) is 9.38. The van der Waals surface area contributed by atoms with Crippen LogP contribution in [0, 0.1) is 18.3 Å². The summed E-state index contributed by atoms with van der Waals surface area (Å²) in [6.07, 6.45) is 2.16. The second-order valence-corrected chi connectivity index (χ2v) is 7.71. The summed E-state index contributed by atoms with van der Waals surface area (Å²) < 4.78 is 11.6. The van der Waals surface area contributed by atoms with Crippen molar-refractivity contribution < 1.29 is 14.3 Å². The molecule has 2 saturated heterocycles. The maximum atomic E-state index is 12.6. The van der Waals surface area contributed by atoms with E-state index >= 15 is 0 Å². The van der Waals surface area contributed by atoms with E-state index in [1.807, 2.05) is 34.7 Å². The lowest BCUT2D eigenvalue weighted by atomic mass is 9.82. The van der Waals surface area contributed by atoms with Gasteiger partial charge in [-0.05, 0) is 35.4 Å². The standard InChI is InChI=1S/C18H21N3O3S/c1-13-2-4-19-17(20-13)24-12-18-10-21(7-15(18)8-23-11-18)16(22)6-14-3-5-25-9-14/h2-5,9,15H,6-8,10-12H2,1H3/t15-,18+/m1/s1. The molecule has 7 heteroatoms. The lowest BCUT2D eigenvalue weighted by Crippen LogP contribution is -2.38. The number of carbonyl (C=O) groups excluding carboxylic acids is 1. The highest BCUT2D eigenvalue weighted by atomic mass is 32.1. The van der Waals surface area contributed by atoms with Crippen molar-refractivity contribution in [2.24, 2.45) is 11.3 Å². The van der Waals surface area contributed by atoms with Crippen molar-refractivity contribution in [2.45, 2.75) is 13.3 Å². The van der Waals surface area contributed by atoms with E-state index in [0.717, 1.165) is 17.8 Å². The highest BCUT2D eigenvalue weighted by Gasteiger charge is 2.52. The average Bonchev–Trinajstić information content (AvgIpc) is 3.28. The van der Waals surface area contributed by atoms with Crippen LogP contribution in [-0.2, 0) is 16.0 Å². The summed E-state index contributed by atoms with van der Waals surface area (Å²) in [5, 5.41) is 4.04. The number of hydrogen-bond donors (Lipinski definition) is 0. The van der Waals surface area contributed by atoms with Crippen LogP contribution < -0.4 is 4.74 Å². The van der Waals surface area contributed by atoms with E-state index in [4.69, 9.17) is 9.47 Å². The Balaban J connectivity index is 1.42. The minimum absolute atomic E-state index is 0.155. The molecule has 0 spiro atoms. The van der Waals surface area contributed by atoms with E-state index in [9.17, 15) is 4.79 Å². The number of hydrogen-bond acceptors (Lipinski definition) is 6. The second-order valence-electron chi connectivity index (χ2n) is 6.93. The van der Waals surface area contributed by atoms with Crippen molar-refractivity contribution in [3.05, 3.63) is 40.3 Å². The van der Waals surface area contributed by atoms with Crippen molar-refractivity contribution in [2.75, 3.05) is 32.9 Å². The van der Waals surface area contributed by atoms with Crippen LogP contribution in [0.4, 0.5) is 0 Å². The fourth-order valence-corrected chi connectivity index (χ4v) is 4.28. The summed E-state index contributed by atoms with van der Waals surface area (Å²) in [5.74, 6) is 0.489. The number of nitrogens with zero attached hydrogens (tertiary/aromatic N) is 3. The molecule has 2 aromatic heterocycles. The van der Waals surface area contributed by atoms with Crippen molar-refractivity contribution in [1.82, 2.24) is 14.9 Å². The SMILES string of the molecule is Cc1ccnc(OC[C@]23COC[C@H]2CN(C(=O)Cc2ccsc2)C3)n1. The molecule has 6 nitrogen and oxygen atoms in total. The Labute approximate surface area is 150 Å². The van der Waals surface area contributed by atoms with E-state index in [0.29, 0.717) is 44.7 Å². The highest BCUT2D eigenvalue weighted by molar-refractivity contribution is 7.08. The summed E-state index contributed by atoms with van der Waals surface area (Å²) in [6, 6.07) is 4.24. The van der Waals surface area contributed by atoms with Gasteiger partial charge in [-0.1, -0.05) is 0 Å². The molecule has 132 valence electrons. The van der Waals surface area contributed by atoms with Gasteiger partial charge < -0.3 is 14.4 Å². The third-order valence-corrected chi connectivity index (χ3v) is 5.80. The third kappa shape index (κ3) is 3.39. The Hall–Kier alpha value is -1.99. The van der Waals surface area contributed by atoms with E-state index in [2.05, 4.69) is 9.97 Å². The largest absolute Gasteiger partial charge is 0.463 e. The van der Waals surface area contributed by atoms with E-state index in [1.165, 1.54) is 0 Å². The molecule has 0 bridgehead atoms. The number of thiophene rings is 1. The fraction of sp³-hybridized carbons (Fsp3) is 0.500. The van der Waals surface area contributed by atoms with Crippen molar-refractivity contribution in [1.29, 1.82) is 0 Å². The Morgan fingerprint density at radius 1 is 1.52 bits per heavy atom. The molecule has 2 fully saturated rings. The number of aromatic nitrogens is 2. The summed E-state index contributed by atoms with van der Waals surface area (Å²) >= 11 is 1.62. The first kappa shape index (κ1) is 16.5. The normalized spacial score (nSPS) is 25.2. The zero-order chi connectivity index (χ0) is 17.3. The van der Waals surface area contributed by atoms with Crippen LogP contribution in [0.25, 0.3) is 0 Å². The van der Waals surface area contributed by atoms with Crippen molar-refractivity contribution in [3.63, 3.8) is 0 Å². The molecule has 0 N–H and O–H groups in total. The maximum absolute atomic E-state index is 12.6. The molecule has 0 radical (unpaired) electrons. The van der Waals surface area contributed by atoms with Gasteiger partial charge in [0.2, 0.25) is 5.91 Å². The van der Waals surface area contributed by atoms with Crippen LogP contribution >= 0.6 is 11.3 Å². The summed E-state index contributed by atoms with van der Waals surface area (Å²) in [6.45, 7) is 5.09. The first-order chi connectivity index (χ1) is 12.1. The number of carbonyl (C=O) groups is 1. The van der Waals surface area contributed by atoms with Gasteiger partial charge in [0.1, 0.15) is 6.61 Å². The van der Waals surface area contributed by atoms with Gasteiger partial charge in [0.15, 0.2) is 0 Å². The lowest BCUT2D eigenvalue weighted by molar-refractivity contribution is -0.130. The molecule has 4 heterocycles. The molecule has 4 rings (SSSR count). The topological polar surface area (TPSA) is 64.6 Å². The predicted octanol–water partition coefficient (Wildman–Crippen LogP) is 1.94. The van der Waals surface area contributed by atoms with Gasteiger partial charge in [-0.2, -0.15) is 11.3 Å². The van der Waals surface area contributed by atoms with Gasteiger partial charge in [-0.25, -0.2) is 9.97 Å². The maximum Gasteiger partial charge on any atom is 0.316 e. The number of amides is 1. The number of rotatable bonds is 5. The van der Waals surface area contributed by atoms with Crippen LogP contribution in [0.1, 0.15) is 11.3 Å². The van der Waals surface area contributed by atoms with Crippen LogP contribution in [0.3, 0.4) is 0 Å². The molecule has 2 aromatic rings. The second kappa shape index (κ2) is 6.72. The summed E-state index contributed by atoms with van der Waals surface area (Å²) in [5.41, 5.74) is 1.81. The predicted molar refractivity (Wildman–Crippen MR) is 93.6 cm³/mol. The first-order valence-electron chi connectivity index (χ1n) is 8.44. The lowest BCUT2D eigenvalue weighted by Gasteiger charge is -2.26. The zero-order valence-electron chi connectivity index (χ0n) is 14.2. The van der Waals surface area contributed by atoms with Crippen molar-refractivity contribution >= 4 is 17.2 Å².